The van der Waals surface area contributed by atoms with Gasteiger partial charge in [-0.2, -0.15) is 0 Å². The summed E-state index contributed by atoms with van der Waals surface area (Å²) >= 11 is 0. The molecule has 1 heterocycles. The molecule has 12 heavy (non-hydrogen) atoms. The Balaban J connectivity index is 2.82. The maximum Gasteiger partial charge on any atom is 0.0483 e. The summed E-state index contributed by atoms with van der Waals surface area (Å²) in [5.41, 5.74) is 2.59. The fourth-order valence-corrected chi connectivity index (χ4v) is 1.60. The van der Waals surface area contributed by atoms with Gasteiger partial charge in [-0.15, -0.1) is 0 Å². The monoisotopic (exact) mass is 158 g/mol. The minimum absolute atomic E-state index is 1.07. The van der Waals surface area contributed by atoms with E-state index < -0.39 is 0 Å². The van der Waals surface area contributed by atoms with Crippen molar-refractivity contribution in [1.82, 2.24) is 4.57 Å². The molecule has 1 aromatic heterocycles. The molecule has 2 aromatic rings. The van der Waals surface area contributed by atoms with E-state index in [4.69, 9.17) is 0 Å². The van der Waals surface area contributed by atoms with Crippen molar-refractivity contribution in [3.8, 4) is 0 Å². The van der Waals surface area contributed by atoms with Gasteiger partial charge in [0.05, 0.1) is 0 Å². The van der Waals surface area contributed by atoms with E-state index in [1.54, 1.807) is 0 Å². The van der Waals surface area contributed by atoms with Crippen LogP contribution in [-0.4, -0.2) is 4.57 Å². The van der Waals surface area contributed by atoms with E-state index in [0.717, 1.165) is 6.42 Å². The number of benzene rings is 1. The molecule has 0 aliphatic heterocycles. The fourth-order valence-electron chi connectivity index (χ4n) is 1.60. The lowest BCUT2D eigenvalue weighted by Gasteiger charge is -1.92. The molecule has 0 bridgehead atoms. The molecule has 0 saturated carbocycles. The summed E-state index contributed by atoms with van der Waals surface area (Å²) in [4.78, 5) is 0. The minimum Gasteiger partial charge on any atom is -0.345 e. The molecule has 0 fully saturated rings. The molecule has 0 atom stereocenters. The Morgan fingerprint density at radius 2 is 2.08 bits per heavy atom. The normalized spacial score (nSPS) is 10.8. The van der Waals surface area contributed by atoms with Gasteiger partial charge >= 0.3 is 0 Å². The van der Waals surface area contributed by atoms with Gasteiger partial charge < -0.3 is 4.57 Å². The molecule has 61 valence electrons. The van der Waals surface area contributed by atoms with Gasteiger partial charge in [0.25, 0.3) is 0 Å². The lowest BCUT2D eigenvalue weighted by atomic mass is 10.1. The molecule has 0 unspecified atom stereocenters. The number of nitrogens with zero attached hydrogens (tertiary/aromatic N) is 1. The van der Waals surface area contributed by atoms with Gasteiger partial charge in [-0.05, 0) is 18.1 Å². The van der Waals surface area contributed by atoms with Crippen molar-refractivity contribution in [3.63, 3.8) is 0 Å². The van der Waals surface area contributed by atoms with E-state index in [-0.39, 0.29) is 0 Å². The van der Waals surface area contributed by atoms with Gasteiger partial charge in [-0.25, -0.2) is 0 Å². The van der Waals surface area contributed by atoms with Crippen molar-refractivity contribution < 1.29 is 0 Å². The second-order valence-electron chi connectivity index (χ2n) is 2.99. The van der Waals surface area contributed by atoms with E-state index in [9.17, 15) is 0 Å². The maximum atomic E-state index is 3.93. The Morgan fingerprint density at radius 1 is 1.33 bits per heavy atom. The van der Waals surface area contributed by atoms with Crippen LogP contribution in [0.5, 0.6) is 0 Å². The summed E-state index contributed by atoms with van der Waals surface area (Å²) in [6.07, 6.45) is 3.17. The topological polar surface area (TPSA) is 4.93 Å². The lowest BCUT2D eigenvalue weighted by molar-refractivity contribution is 1.09. The van der Waals surface area contributed by atoms with Gasteiger partial charge in [0, 0.05) is 24.1 Å². The van der Waals surface area contributed by atoms with Crippen LogP contribution in [-0.2, 0) is 6.42 Å². The highest BCUT2D eigenvalue weighted by atomic mass is 14.9. The summed E-state index contributed by atoms with van der Waals surface area (Å²) < 4.78 is 1.94. The first-order valence-electron chi connectivity index (χ1n) is 4.22. The second-order valence-corrected chi connectivity index (χ2v) is 2.99. The van der Waals surface area contributed by atoms with Crippen LogP contribution in [0.25, 0.3) is 10.9 Å². The van der Waals surface area contributed by atoms with Crippen LogP contribution in [0, 0.1) is 7.05 Å². The van der Waals surface area contributed by atoms with Crippen LogP contribution in [0.15, 0.2) is 30.5 Å². The summed E-state index contributed by atoms with van der Waals surface area (Å²) in [6, 6.07) is 8.36. The third-order valence-electron chi connectivity index (χ3n) is 2.25. The zero-order valence-corrected chi connectivity index (χ0v) is 7.25. The molecule has 0 saturated heterocycles. The zero-order chi connectivity index (χ0) is 8.55. The number of aromatic nitrogens is 1. The van der Waals surface area contributed by atoms with Gasteiger partial charge in [0.1, 0.15) is 0 Å². The van der Waals surface area contributed by atoms with Crippen LogP contribution < -0.4 is 0 Å². The summed E-state index contributed by atoms with van der Waals surface area (Å²) in [6.45, 7) is 2.17. The first kappa shape index (κ1) is 7.41. The van der Waals surface area contributed by atoms with Gasteiger partial charge in [-0.3, -0.25) is 0 Å². The Kier molecular flexibility index (Phi) is 1.65. The van der Waals surface area contributed by atoms with E-state index in [2.05, 4.69) is 38.4 Å². The number of aryl methyl sites for hydroxylation is 1. The number of hydrogen-bond acceptors (Lipinski definition) is 0. The first-order valence-corrected chi connectivity index (χ1v) is 4.22. The van der Waals surface area contributed by atoms with Crippen molar-refractivity contribution in [3.05, 3.63) is 43.1 Å². The van der Waals surface area contributed by atoms with Crippen LogP contribution in [0.1, 0.15) is 12.5 Å². The van der Waals surface area contributed by atoms with Crippen LogP contribution >= 0.6 is 0 Å². The highest BCUT2D eigenvalue weighted by Crippen LogP contribution is 2.20. The van der Waals surface area contributed by atoms with Crippen LogP contribution in [0.2, 0.25) is 0 Å². The van der Waals surface area contributed by atoms with E-state index in [1.165, 1.54) is 16.5 Å². The summed E-state index contributed by atoms with van der Waals surface area (Å²) in [5, 5.41) is 1.33. The molecule has 1 heteroatoms. The molecule has 2 rings (SSSR count). The zero-order valence-electron chi connectivity index (χ0n) is 7.25. The number of fused-ring (bicyclic) bond motifs is 1. The first-order chi connectivity index (χ1) is 5.83. The predicted octanol–water partition coefficient (Wildman–Crippen LogP) is 2.84. The maximum absolute atomic E-state index is 3.93. The molecule has 0 amide bonds. The standard InChI is InChI=1S/C11H12N/c1-3-9-8-12(2)11-7-5-4-6-10(9)11/h4-8H,2-3H2,1H3. The molecule has 0 N–H and O–H groups in total. The molecule has 1 aromatic carbocycles. The molecular formula is C11H12N. The molecule has 1 nitrogen and oxygen atoms in total. The third kappa shape index (κ3) is 0.934. The van der Waals surface area contributed by atoms with E-state index in [1.807, 2.05) is 10.6 Å². The van der Waals surface area contributed by atoms with Crippen LogP contribution in [0.4, 0.5) is 0 Å². The second kappa shape index (κ2) is 2.67. The smallest absolute Gasteiger partial charge is 0.0483 e. The highest BCUT2D eigenvalue weighted by Gasteiger charge is 2.02. The lowest BCUT2D eigenvalue weighted by Crippen LogP contribution is -1.78. The number of hydrogen-bond donors (Lipinski definition) is 0. The SMILES string of the molecule is [CH2]n1cc(CC)c2ccccc21. The van der Waals surface area contributed by atoms with Gasteiger partial charge in [0.2, 0.25) is 0 Å². The summed E-state index contributed by atoms with van der Waals surface area (Å²) in [7, 11) is 3.93. The average Bonchev–Trinajstić information content (AvgIpc) is 2.44. The average molecular weight is 158 g/mol. The Morgan fingerprint density at radius 3 is 2.83 bits per heavy atom. The van der Waals surface area contributed by atoms with Crippen molar-refractivity contribution in [2.24, 2.45) is 0 Å². The van der Waals surface area contributed by atoms with Crippen molar-refractivity contribution in [1.29, 1.82) is 0 Å². The van der Waals surface area contributed by atoms with Crippen molar-refractivity contribution in [2.45, 2.75) is 13.3 Å². The number of rotatable bonds is 1. The largest absolute Gasteiger partial charge is 0.345 e. The fraction of sp³-hybridized carbons (Fsp3) is 0.182. The molecular weight excluding hydrogens is 146 g/mol. The Bertz CT molecular complexity index is 398. The Labute approximate surface area is 72.6 Å². The van der Waals surface area contributed by atoms with Crippen molar-refractivity contribution in [2.75, 3.05) is 0 Å². The third-order valence-corrected chi connectivity index (χ3v) is 2.25. The molecule has 0 spiro atoms. The van der Waals surface area contributed by atoms with Gasteiger partial charge in [-0.1, -0.05) is 25.1 Å². The molecule has 0 aliphatic rings. The molecule has 0 aliphatic carbocycles. The Hall–Kier alpha value is -1.24. The summed E-state index contributed by atoms with van der Waals surface area (Å²) in [5.74, 6) is 0. The predicted molar refractivity (Wildman–Crippen MR) is 52.1 cm³/mol. The van der Waals surface area contributed by atoms with E-state index >= 15 is 0 Å². The van der Waals surface area contributed by atoms with Crippen LogP contribution in [0.3, 0.4) is 0 Å². The van der Waals surface area contributed by atoms with Gasteiger partial charge in [0.15, 0.2) is 0 Å². The minimum atomic E-state index is 1.07. The van der Waals surface area contributed by atoms with E-state index in [0.29, 0.717) is 0 Å². The molecule has 1 radical (unpaired) electrons. The van der Waals surface area contributed by atoms with Crippen molar-refractivity contribution >= 4 is 10.9 Å². The highest BCUT2D eigenvalue weighted by molar-refractivity contribution is 5.84. The number of para-hydroxylation sites is 1. The quantitative estimate of drug-likeness (QED) is 0.601.